The van der Waals surface area contributed by atoms with Crippen LogP contribution < -0.4 is 16.6 Å². The number of anilines is 1. The summed E-state index contributed by atoms with van der Waals surface area (Å²) in [6, 6.07) is 15.1. The van der Waals surface area contributed by atoms with Crippen LogP contribution in [0.5, 0.6) is 0 Å². The van der Waals surface area contributed by atoms with Gasteiger partial charge < -0.3 is 21.0 Å². The number of nitrogens with one attached hydrogen (secondary N) is 1. The third-order valence-corrected chi connectivity index (χ3v) is 6.41. The molecule has 0 spiro atoms. The van der Waals surface area contributed by atoms with Crippen molar-refractivity contribution >= 4 is 23.4 Å². The maximum Gasteiger partial charge on any atom is 0.263 e. The van der Waals surface area contributed by atoms with Gasteiger partial charge in [-0.2, -0.15) is 0 Å². The average molecular weight is 570 g/mol. The number of oxime groups is 1. The number of aromatic nitrogens is 2. The lowest BCUT2D eigenvalue weighted by Crippen LogP contribution is -2.29. The number of amidine groups is 1. The minimum atomic E-state index is -0.343. The van der Waals surface area contributed by atoms with Crippen LogP contribution in [0.15, 0.2) is 89.0 Å². The van der Waals surface area contributed by atoms with Gasteiger partial charge in [0, 0.05) is 30.2 Å². The molecule has 1 amide bonds. The molecule has 42 heavy (non-hydrogen) atoms. The van der Waals surface area contributed by atoms with Gasteiger partial charge >= 0.3 is 0 Å². The van der Waals surface area contributed by atoms with Crippen molar-refractivity contribution in [1.82, 2.24) is 14.9 Å². The fourth-order valence-electron chi connectivity index (χ4n) is 4.55. The summed E-state index contributed by atoms with van der Waals surface area (Å²) in [5.74, 6) is 0.438. The van der Waals surface area contributed by atoms with Crippen molar-refractivity contribution in [3.8, 4) is 11.1 Å². The fraction of sp³-hybridized carbons (Fsp3) is 0.273. The van der Waals surface area contributed by atoms with Crippen LogP contribution in [0.2, 0.25) is 0 Å². The number of rotatable bonds is 11. The number of aryl methyl sites for hydroxylation is 1. The third-order valence-electron chi connectivity index (χ3n) is 6.41. The first-order chi connectivity index (χ1) is 20.1. The minimum Gasteiger partial charge on any atom is -0.491 e. The Morgan fingerprint density at radius 2 is 1.86 bits per heavy atom. The number of hydrogen-bond acceptors (Lipinski definition) is 7. The molecule has 0 aliphatic rings. The largest absolute Gasteiger partial charge is 0.491 e. The molecule has 3 rings (SSSR count). The molecule has 2 aromatic carbocycles. The van der Waals surface area contributed by atoms with Gasteiger partial charge in [0.15, 0.2) is 5.84 Å². The van der Waals surface area contributed by atoms with Crippen molar-refractivity contribution in [1.29, 1.82) is 0 Å². The van der Waals surface area contributed by atoms with E-state index in [4.69, 9.17) is 10.5 Å². The smallest absolute Gasteiger partial charge is 0.263 e. The summed E-state index contributed by atoms with van der Waals surface area (Å²) in [6.07, 6.45) is 6.93. The lowest BCUT2D eigenvalue weighted by molar-refractivity contribution is -0.117. The maximum absolute atomic E-state index is 13.8. The summed E-state index contributed by atoms with van der Waals surface area (Å²) in [5, 5.41) is 15.3. The molecule has 0 atom stereocenters. The molecule has 0 saturated carbocycles. The molecule has 1 aromatic heterocycles. The van der Waals surface area contributed by atoms with Crippen molar-refractivity contribution in [3.63, 3.8) is 0 Å². The second-order valence-corrected chi connectivity index (χ2v) is 10.1. The number of carbonyl (C=O) groups excluding carboxylic acids is 1. The monoisotopic (exact) mass is 569 g/mol. The highest BCUT2D eigenvalue weighted by Gasteiger charge is 2.17. The quantitative estimate of drug-likeness (QED) is 0.0682. The number of ether oxygens (including phenoxy) is 1. The van der Waals surface area contributed by atoms with E-state index in [1.807, 2.05) is 57.2 Å². The Hall–Kier alpha value is -4.92. The molecule has 9 heteroatoms. The molecule has 220 valence electrons. The maximum atomic E-state index is 13.8. The third kappa shape index (κ3) is 7.84. The molecule has 4 N–H and O–H groups in total. The Morgan fingerprint density at radius 3 is 2.45 bits per heavy atom. The molecule has 0 bridgehead atoms. The van der Waals surface area contributed by atoms with E-state index in [0.717, 1.165) is 23.1 Å². The molecule has 0 fully saturated rings. The van der Waals surface area contributed by atoms with E-state index in [-0.39, 0.29) is 29.4 Å². The van der Waals surface area contributed by atoms with Crippen molar-refractivity contribution < 1.29 is 14.7 Å². The van der Waals surface area contributed by atoms with Crippen LogP contribution in [0.25, 0.3) is 16.8 Å². The number of nitrogens with two attached hydrogens (primary N) is 1. The molecular weight excluding hydrogens is 530 g/mol. The second-order valence-electron chi connectivity index (χ2n) is 10.1. The number of amides is 1. The van der Waals surface area contributed by atoms with Crippen LogP contribution in [-0.4, -0.2) is 32.6 Å². The standard InChI is InChI=1S/C33H39N5O4/c1-7-11-30-29(32(40)38(33(34)36-30)22(5)14-19-26(8-2)42-21(3)4)20-24-15-17-25(18-16-24)27-12-9-10-13-28(27)31(37-41)35-23(6)39/h8-10,12-19,21,41H,2,7,11,20H2,1,3-6H3,(H2,34,36)(H,35,37,39)/b22-14+,26-19+. The SMILES string of the molecule is C=C/C(=C\C=C(/C)n1c(N)nc(CCC)c(Cc2ccc(-c3ccccc3/C(=N/O)NC(C)=O)cc2)c1=O)OC(C)C. The number of carbonyl (C=O) groups is 1. The van der Waals surface area contributed by atoms with Crippen LogP contribution >= 0.6 is 0 Å². The van der Waals surface area contributed by atoms with Crippen LogP contribution in [0.1, 0.15) is 63.4 Å². The molecule has 0 aliphatic heterocycles. The Kier molecular flexibility index (Phi) is 11.0. The van der Waals surface area contributed by atoms with Gasteiger partial charge in [-0.3, -0.25) is 14.2 Å². The van der Waals surface area contributed by atoms with Gasteiger partial charge in [-0.25, -0.2) is 4.98 Å². The Balaban J connectivity index is 2.01. The predicted molar refractivity (Wildman–Crippen MR) is 168 cm³/mol. The normalized spacial score (nSPS) is 12.4. The summed E-state index contributed by atoms with van der Waals surface area (Å²) >= 11 is 0. The number of hydrogen-bond donors (Lipinski definition) is 3. The van der Waals surface area contributed by atoms with Crippen LogP contribution in [0.4, 0.5) is 5.95 Å². The van der Waals surface area contributed by atoms with Gasteiger partial charge in [0.2, 0.25) is 11.9 Å². The Morgan fingerprint density at radius 1 is 1.17 bits per heavy atom. The lowest BCUT2D eigenvalue weighted by Gasteiger charge is -2.16. The molecule has 0 unspecified atom stereocenters. The number of nitrogens with zero attached hydrogens (tertiary/aromatic N) is 3. The molecule has 0 aliphatic carbocycles. The minimum absolute atomic E-state index is 0.0146. The van der Waals surface area contributed by atoms with Gasteiger partial charge in [0.05, 0.1) is 11.8 Å². The van der Waals surface area contributed by atoms with Gasteiger partial charge in [-0.15, -0.1) is 0 Å². The second kappa shape index (κ2) is 14.6. The molecular formula is C33H39N5O4. The number of benzene rings is 2. The zero-order valence-corrected chi connectivity index (χ0v) is 24.8. The van der Waals surface area contributed by atoms with Crippen LogP contribution in [-0.2, 0) is 22.4 Å². The van der Waals surface area contributed by atoms with E-state index in [1.54, 1.807) is 37.3 Å². The molecule has 9 nitrogen and oxygen atoms in total. The van der Waals surface area contributed by atoms with Crippen LogP contribution in [0.3, 0.4) is 0 Å². The van der Waals surface area contributed by atoms with E-state index in [0.29, 0.717) is 41.1 Å². The number of nitrogen functional groups attached to an aromatic ring is 1. The Labute approximate surface area is 246 Å². The summed E-state index contributed by atoms with van der Waals surface area (Å²) < 4.78 is 7.13. The van der Waals surface area contributed by atoms with Crippen molar-refractivity contribution in [2.45, 2.75) is 60.0 Å². The summed E-state index contributed by atoms with van der Waals surface area (Å²) in [5.41, 5.74) is 11.1. The first-order valence-corrected chi connectivity index (χ1v) is 13.9. The van der Waals surface area contributed by atoms with E-state index in [2.05, 4.69) is 22.0 Å². The lowest BCUT2D eigenvalue weighted by atomic mass is 9.96. The van der Waals surface area contributed by atoms with Gasteiger partial charge in [0.25, 0.3) is 5.56 Å². The summed E-state index contributed by atoms with van der Waals surface area (Å²) in [4.78, 5) is 30.0. The van der Waals surface area contributed by atoms with Gasteiger partial charge in [0.1, 0.15) is 5.76 Å². The molecule has 1 heterocycles. The first-order valence-electron chi connectivity index (χ1n) is 13.9. The summed E-state index contributed by atoms with van der Waals surface area (Å²) in [6.45, 7) is 12.8. The average Bonchev–Trinajstić information content (AvgIpc) is 2.96. The van der Waals surface area contributed by atoms with E-state index >= 15 is 0 Å². The van der Waals surface area contributed by atoms with Crippen molar-refractivity contribution in [2.75, 3.05) is 5.73 Å². The van der Waals surface area contributed by atoms with Crippen LogP contribution in [0, 0.1) is 0 Å². The van der Waals surface area contributed by atoms with Gasteiger partial charge in [-0.05, 0) is 62.1 Å². The van der Waals surface area contributed by atoms with Crippen molar-refractivity contribution in [2.24, 2.45) is 5.16 Å². The zero-order chi connectivity index (χ0) is 30.8. The fourth-order valence-corrected chi connectivity index (χ4v) is 4.55. The highest BCUT2D eigenvalue weighted by molar-refractivity contribution is 6.10. The Bertz CT molecular complexity index is 1580. The van der Waals surface area contributed by atoms with Crippen molar-refractivity contribution in [3.05, 3.63) is 112 Å². The van der Waals surface area contributed by atoms with E-state index < -0.39 is 0 Å². The first kappa shape index (κ1) is 31.6. The highest BCUT2D eigenvalue weighted by atomic mass is 16.5. The molecule has 0 radical (unpaired) electrons. The topological polar surface area (TPSA) is 132 Å². The van der Waals surface area contributed by atoms with E-state index in [9.17, 15) is 14.8 Å². The highest BCUT2D eigenvalue weighted by Crippen LogP contribution is 2.25. The van der Waals surface area contributed by atoms with E-state index in [1.165, 1.54) is 11.5 Å². The summed E-state index contributed by atoms with van der Waals surface area (Å²) in [7, 11) is 0. The molecule has 3 aromatic rings. The zero-order valence-electron chi connectivity index (χ0n) is 24.8. The van der Waals surface area contributed by atoms with Gasteiger partial charge in [-0.1, -0.05) is 73.6 Å². The predicted octanol–water partition coefficient (Wildman–Crippen LogP) is 5.66. The number of allylic oxidation sites excluding steroid dienone is 4. The molecule has 0 saturated heterocycles.